The molecule has 0 radical (unpaired) electrons. The molecular weight excluding hydrogens is 235 g/mol. The smallest absolute Gasteiger partial charge is 0.167 e. The van der Waals surface area contributed by atoms with E-state index >= 15 is 0 Å². The Morgan fingerprint density at radius 3 is 2.67 bits per heavy atom. The second-order valence-corrected chi connectivity index (χ2v) is 4.42. The van der Waals surface area contributed by atoms with Crippen molar-refractivity contribution in [2.75, 3.05) is 39.1 Å². The van der Waals surface area contributed by atoms with E-state index in [1.807, 2.05) is 0 Å². The van der Waals surface area contributed by atoms with Gasteiger partial charge in [0, 0.05) is 18.7 Å². The molecule has 1 heterocycles. The second-order valence-electron chi connectivity index (χ2n) is 4.42. The monoisotopic (exact) mass is 254 g/mol. The summed E-state index contributed by atoms with van der Waals surface area (Å²) in [5.41, 5.74) is 6.01. The second kappa shape index (κ2) is 5.91. The highest BCUT2D eigenvalue weighted by Gasteiger charge is 2.12. The van der Waals surface area contributed by atoms with Crippen LogP contribution in [0.25, 0.3) is 0 Å². The summed E-state index contributed by atoms with van der Waals surface area (Å²) in [5.74, 6) is 0.162. The third-order valence-electron chi connectivity index (χ3n) is 3.15. The molecule has 1 aromatic carbocycles. The number of ether oxygens (including phenoxy) is 2. The fourth-order valence-electron chi connectivity index (χ4n) is 2.12. The molecule has 0 aliphatic carbocycles. The van der Waals surface area contributed by atoms with Crippen LogP contribution in [0.2, 0.25) is 0 Å². The molecule has 1 aromatic rings. The van der Waals surface area contributed by atoms with Crippen molar-refractivity contribution in [1.82, 2.24) is 4.90 Å². The minimum absolute atomic E-state index is 0.153. The van der Waals surface area contributed by atoms with E-state index in [0.717, 1.165) is 19.6 Å². The van der Waals surface area contributed by atoms with Crippen molar-refractivity contribution in [1.29, 1.82) is 0 Å². The largest absolute Gasteiger partial charge is 0.494 e. The van der Waals surface area contributed by atoms with E-state index < -0.39 is 5.82 Å². The molecule has 2 rings (SSSR count). The van der Waals surface area contributed by atoms with Crippen molar-refractivity contribution in [3.63, 3.8) is 0 Å². The fourth-order valence-corrected chi connectivity index (χ4v) is 2.12. The Hall–Kier alpha value is -1.49. The lowest BCUT2D eigenvalue weighted by Gasteiger charge is -2.16. The Morgan fingerprint density at radius 1 is 1.28 bits per heavy atom. The molecule has 18 heavy (non-hydrogen) atoms. The van der Waals surface area contributed by atoms with Gasteiger partial charge in [-0.15, -0.1) is 0 Å². The third kappa shape index (κ3) is 3.04. The number of benzene rings is 1. The topological polar surface area (TPSA) is 47.7 Å². The number of nitrogen functional groups attached to an aromatic ring is 1. The van der Waals surface area contributed by atoms with Crippen molar-refractivity contribution >= 4 is 5.69 Å². The normalized spacial score (nSPS) is 15.9. The predicted molar refractivity (Wildman–Crippen MR) is 68.5 cm³/mol. The van der Waals surface area contributed by atoms with E-state index in [2.05, 4.69) is 4.90 Å². The van der Waals surface area contributed by atoms with E-state index in [9.17, 15) is 4.39 Å². The zero-order chi connectivity index (χ0) is 13.0. The van der Waals surface area contributed by atoms with Crippen LogP contribution in [0.5, 0.6) is 11.5 Å². The van der Waals surface area contributed by atoms with Crippen LogP contribution in [0, 0.1) is 5.82 Å². The maximum Gasteiger partial charge on any atom is 0.167 e. The lowest BCUT2D eigenvalue weighted by atomic mass is 10.2. The molecule has 0 aromatic heterocycles. The van der Waals surface area contributed by atoms with Crippen molar-refractivity contribution in [3.8, 4) is 11.5 Å². The molecule has 5 heteroatoms. The van der Waals surface area contributed by atoms with Crippen LogP contribution in [-0.2, 0) is 0 Å². The molecule has 0 amide bonds. The molecular formula is C13H19FN2O2. The maximum absolute atomic E-state index is 13.3. The number of rotatable bonds is 5. The van der Waals surface area contributed by atoms with E-state index in [1.54, 1.807) is 0 Å². The molecule has 100 valence electrons. The molecule has 1 aliphatic rings. The van der Waals surface area contributed by atoms with Crippen LogP contribution in [0.3, 0.4) is 0 Å². The number of methoxy groups -OCH3 is 1. The summed E-state index contributed by atoms with van der Waals surface area (Å²) in [4.78, 5) is 2.34. The highest BCUT2D eigenvalue weighted by molar-refractivity contribution is 5.56. The number of hydrogen-bond acceptors (Lipinski definition) is 4. The zero-order valence-electron chi connectivity index (χ0n) is 10.6. The Kier molecular flexibility index (Phi) is 4.25. The summed E-state index contributed by atoms with van der Waals surface area (Å²) in [7, 11) is 1.42. The minimum Gasteiger partial charge on any atom is -0.494 e. The van der Waals surface area contributed by atoms with Gasteiger partial charge in [-0.2, -0.15) is 0 Å². The van der Waals surface area contributed by atoms with Gasteiger partial charge in [0.05, 0.1) is 12.8 Å². The number of halogens is 1. The average Bonchev–Trinajstić information content (AvgIpc) is 2.85. The van der Waals surface area contributed by atoms with E-state index in [0.29, 0.717) is 18.0 Å². The van der Waals surface area contributed by atoms with E-state index in [4.69, 9.17) is 15.2 Å². The number of likely N-dealkylation sites (tertiary alicyclic amines) is 1. The summed E-state index contributed by atoms with van der Waals surface area (Å²) in [6, 6.07) is 2.72. The van der Waals surface area contributed by atoms with Crippen LogP contribution in [0.15, 0.2) is 12.1 Å². The first-order valence-corrected chi connectivity index (χ1v) is 6.19. The molecule has 0 atom stereocenters. The number of nitrogens with two attached hydrogens (primary N) is 1. The van der Waals surface area contributed by atoms with Gasteiger partial charge in [-0.1, -0.05) is 0 Å². The molecule has 2 N–H and O–H groups in total. The zero-order valence-corrected chi connectivity index (χ0v) is 10.6. The van der Waals surface area contributed by atoms with Crippen LogP contribution < -0.4 is 15.2 Å². The van der Waals surface area contributed by atoms with Crippen molar-refractivity contribution in [3.05, 3.63) is 17.9 Å². The standard InChI is InChI=1S/C13H19FN2O2/c1-17-12-9-13(11(15)8-10(12)14)18-7-6-16-4-2-3-5-16/h8-9H,2-7,15H2,1H3. The maximum atomic E-state index is 13.3. The van der Waals surface area contributed by atoms with Crippen molar-refractivity contribution < 1.29 is 13.9 Å². The third-order valence-corrected chi connectivity index (χ3v) is 3.15. The van der Waals surface area contributed by atoms with Gasteiger partial charge in [0.1, 0.15) is 12.4 Å². The minimum atomic E-state index is -0.470. The van der Waals surface area contributed by atoms with Crippen LogP contribution in [-0.4, -0.2) is 38.3 Å². The van der Waals surface area contributed by atoms with Crippen LogP contribution >= 0.6 is 0 Å². The van der Waals surface area contributed by atoms with Gasteiger partial charge >= 0.3 is 0 Å². The van der Waals surface area contributed by atoms with Gasteiger partial charge in [0.25, 0.3) is 0 Å². The lowest BCUT2D eigenvalue weighted by Crippen LogP contribution is -2.25. The molecule has 1 saturated heterocycles. The number of nitrogens with zero attached hydrogens (tertiary/aromatic N) is 1. The summed E-state index contributed by atoms with van der Waals surface area (Å²) in [6.07, 6.45) is 2.51. The van der Waals surface area contributed by atoms with Gasteiger partial charge in [-0.25, -0.2) is 4.39 Å². The summed E-state index contributed by atoms with van der Waals surface area (Å²) in [6.45, 7) is 3.69. The lowest BCUT2D eigenvalue weighted by molar-refractivity contribution is 0.237. The number of anilines is 1. The van der Waals surface area contributed by atoms with E-state index in [-0.39, 0.29) is 5.75 Å². The van der Waals surface area contributed by atoms with Gasteiger partial charge < -0.3 is 15.2 Å². The Bertz CT molecular complexity index is 406. The van der Waals surface area contributed by atoms with Gasteiger partial charge in [0.2, 0.25) is 0 Å². The number of hydrogen-bond donors (Lipinski definition) is 1. The quantitative estimate of drug-likeness (QED) is 0.815. The Labute approximate surface area is 106 Å². The van der Waals surface area contributed by atoms with E-state index in [1.165, 1.54) is 32.1 Å². The van der Waals surface area contributed by atoms with Crippen LogP contribution in [0.4, 0.5) is 10.1 Å². The summed E-state index contributed by atoms with van der Waals surface area (Å²) in [5, 5.41) is 0. The highest BCUT2D eigenvalue weighted by Crippen LogP contribution is 2.29. The Balaban J connectivity index is 1.91. The first-order valence-electron chi connectivity index (χ1n) is 6.19. The molecule has 0 unspecified atom stereocenters. The van der Waals surface area contributed by atoms with Crippen molar-refractivity contribution in [2.45, 2.75) is 12.8 Å². The SMILES string of the molecule is COc1cc(OCCN2CCCC2)c(N)cc1F. The van der Waals surface area contributed by atoms with Gasteiger partial charge in [-0.05, 0) is 25.9 Å². The van der Waals surface area contributed by atoms with Crippen LogP contribution in [0.1, 0.15) is 12.8 Å². The van der Waals surface area contributed by atoms with Gasteiger partial charge in [-0.3, -0.25) is 4.90 Å². The van der Waals surface area contributed by atoms with Gasteiger partial charge in [0.15, 0.2) is 11.6 Å². The highest BCUT2D eigenvalue weighted by atomic mass is 19.1. The fraction of sp³-hybridized carbons (Fsp3) is 0.538. The first-order chi connectivity index (χ1) is 8.70. The molecule has 4 nitrogen and oxygen atoms in total. The summed E-state index contributed by atoms with van der Waals surface area (Å²) >= 11 is 0. The summed E-state index contributed by atoms with van der Waals surface area (Å²) < 4.78 is 23.8. The first kappa shape index (κ1) is 13.0. The predicted octanol–water partition coefficient (Wildman–Crippen LogP) is 1.89. The molecule has 1 fully saturated rings. The molecule has 0 bridgehead atoms. The Morgan fingerprint density at radius 2 is 2.00 bits per heavy atom. The van der Waals surface area contributed by atoms with Crippen molar-refractivity contribution in [2.24, 2.45) is 0 Å². The average molecular weight is 254 g/mol. The molecule has 1 aliphatic heterocycles. The molecule has 0 spiro atoms. The molecule has 0 saturated carbocycles.